The smallest absolute Gasteiger partial charge is 0.253 e. The zero-order chi connectivity index (χ0) is 19.5. The van der Waals surface area contributed by atoms with Crippen LogP contribution in [0.5, 0.6) is 0 Å². The van der Waals surface area contributed by atoms with E-state index in [1.54, 1.807) is 0 Å². The number of pyridine rings is 1. The molecular formula is C22H29N3O2S. The highest BCUT2D eigenvalue weighted by atomic mass is 32.1. The number of rotatable bonds is 5. The molecule has 1 saturated carbocycles. The Morgan fingerprint density at radius 1 is 1.25 bits per heavy atom. The zero-order valence-corrected chi connectivity index (χ0v) is 17.3. The monoisotopic (exact) mass is 399 g/mol. The van der Waals surface area contributed by atoms with Crippen molar-refractivity contribution in [3.8, 4) is 0 Å². The van der Waals surface area contributed by atoms with Gasteiger partial charge in [-0.15, -0.1) is 0 Å². The van der Waals surface area contributed by atoms with Crippen LogP contribution >= 0.6 is 12.2 Å². The molecule has 1 aromatic carbocycles. The van der Waals surface area contributed by atoms with Crippen LogP contribution in [0.25, 0.3) is 10.9 Å². The van der Waals surface area contributed by atoms with Gasteiger partial charge in [0.25, 0.3) is 5.56 Å². The van der Waals surface area contributed by atoms with Gasteiger partial charge in [0.15, 0.2) is 5.11 Å². The number of nitrogens with one attached hydrogen (secondary N) is 2. The van der Waals surface area contributed by atoms with Gasteiger partial charge >= 0.3 is 0 Å². The van der Waals surface area contributed by atoms with Crippen LogP contribution in [-0.2, 0) is 11.3 Å². The summed E-state index contributed by atoms with van der Waals surface area (Å²) in [5, 5.41) is 5.21. The molecule has 0 amide bonds. The highest BCUT2D eigenvalue weighted by Crippen LogP contribution is 2.25. The van der Waals surface area contributed by atoms with E-state index in [1.807, 2.05) is 19.1 Å². The van der Waals surface area contributed by atoms with E-state index in [0.29, 0.717) is 12.6 Å². The molecule has 28 heavy (non-hydrogen) atoms. The third-order valence-electron chi connectivity index (χ3n) is 5.95. The summed E-state index contributed by atoms with van der Waals surface area (Å²) in [5.41, 5.74) is 2.77. The molecule has 2 fully saturated rings. The van der Waals surface area contributed by atoms with E-state index in [0.717, 1.165) is 66.0 Å². The zero-order valence-electron chi connectivity index (χ0n) is 16.5. The summed E-state index contributed by atoms with van der Waals surface area (Å²) in [6.07, 6.45) is 7.17. The number of aromatic nitrogens is 1. The van der Waals surface area contributed by atoms with Gasteiger partial charge in [0.1, 0.15) is 0 Å². The van der Waals surface area contributed by atoms with Gasteiger partial charge in [0, 0.05) is 30.3 Å². The van der Waals surface area contributed by atoms with Crippen molar-refractivity contribution >= 4 is 28.2 Å². The first-order chi connectivity index (χ1) is 13.6. The van der Waals surface area contributed by atoms with Crippen LogP contribution in [0.3, 0.4) is 0 Å². The van der Waals surface area contributed by atoms with E-state index in [1.165, 1.54) is 12.8 Å². The van der Waals surface area contributed by atoms with Crippen LogP contribution in [0.15, 0.2) is 29.1 Å². The Bertz CT molecular complexity index is 898. The first-order valence-electron chi connectivity index (χ1n) is 10.4. The Morgan fingerprint density at radius 3 is 2.82 bits per heavy atom. The lowest BCUT2D eigenvalue weighted by molar-refractivity contribution is 0.113. The summed E-state index contributed by atoms with van der Waals surface area (Å²) in [5.74, 6) is 0. The van der Waals surface area contributed by atoms with Crippen molar-refractivity contribution in [2.75, 3.05) is 13.2 Å². The number of thiocarbonyl (C=S) groups is 1. The van der Waals surface area contributed by atoms with Crippen molar-refractivity contribution in [3.05, 3.63) is 45.7 Å². The minimum Gasteiger partial charge on any atom is -0.376 e. The summed E-state index contributed by atoms with van der Waals surface area (Å²) in [6.45, 7) is 4.17. The SMILES string of the molecule is Cc1ccc2cc(CN(C(=S)NC[C@@H]3CCCO3)C3CCCC3)c(=O)[nH]c2c1. The molecule has 0 unspecified atom stereocenters. The van der Waals surface area contributed by atoms with Gasteiger partial charge in [-0.3, -0.25) is 4.79 Å². The number of H-pyrrole nitrogens is 1. The summed E-state index contributed by atoms with van der Waals surface area (Å²) in [6, 6.07) is 8.57. The molecule has 1 atom stereocenters. The fourth-order valence-corrected chi connectivity index (χ4v) is 4.65. The molecule has 5 nitrogen and oxygen atoms in total. The Balaban J connectivity index is 1.54. The van der Waals surface area contributed by atoms with Gasteiger partial charge in [-0.25, -0.2) is 0 Å². The molecule has 0 bridgehead atoms. The Hall–Kier alpha value is -1.92. The molecule has 150 valence electrons. The summed E-state index contributed by atoms with van der Waals surface area (Å²) >= 11 is 5.75. The van der Waals surface area contributed by atoms with Crippen molar-refractivity contribution in [2.24, 2.45) is 0 Å². The molecule has 1 aromatic heterocycles. The molecule has 0 radical (unpaired) electrons. The number of nitrogens with zero attached hydrogens (tertiary/aromatic N) is 1. The van der Waals surface area contributed by atoms with Crippen LogP contribution in [0, 0.1) is 6.92 Å². The molecular weight excluding hydrogens is 370 g/mol. The van der Waals surface area contributed by atoms with Gasteiger partial charge in [0.2, 0.25) is 0 Å². The van der Waals surface area contributed by atoms with Gasteiger partial charge in [-0.2, -0.15) is 0 Å². The molecule has 2 heterocycles. The number of hydrogen-bond acceptors (Lipinski definition) is 3. The summed E-state index contributed by atoms with van der Waals surface area (Å²) in [7, 11) is 0. The highest BCUT2D eigenvalue weighted by molar-refractivity contribution is 7.80. The van der Waals surface area contributed by atoms with Crippen molar-refractivity contribution in [1.82, 2.24) is 15.2 Å². The molecule has 6 heteroatoms. The predicted octanol–water partition coefficient (Wildman–Crippen LogP) is 3.63. The van der Waals surface area contributed by atoms with E-state index in [9.17, 15) is 4.79 Å². The van der Waals surface area contributed by atoms with Gasteiger partial charge in [0.05, 0.1) is 12.6 Å². The number of aryl methyl sites for hydroxylation is 1. The van der Waals surface area contributed by atoms with Gasteiger partial charge in [-0.05, 0) is 67.9 Å². The molecule has 1 saturated heterocycles. The van der Waals surface area contributed by atoms with Crippen molar-refractivity contribution < 1.29 is 4.74 Å². The highest BCUT2D eigenvalue weighted by Gasteiger charge is 2.26. The van der Waals surface area contributed by atoms with Crippen LogP contribution in [-0.4, -0.2) is 40.3 Å². The lowest BCUT2D eigenvalue weighted by Crippen LogP contribution is -2.47. The van der Waals surface area contributed by atoms with E-state index < -0.39 is 0 Å². The Labute approximate surface area is 171 Å². The van der Waals surface area contributed by atoms with Crippen molar-refractivity contribution in [1.29, 1.82) is 0 Å². The van der Waals surface area contributed by atoms with Crippen molar-refractivity contribution in [3.63, 3.8) is 0 Å². The van der Waals surface area contributed by atoms with Crippen LogP contribution < -0.4 is 10.9 Å². The fourth-order valence-electron chi connectivity index (χ4n) is 4.35. The lowest BCUT2D eigenvalue weighted by atomic mass is 10.1. The van der Waals surface area contributed by atoms with E-state index in [2.05, 4.69) is 27.3 Å². The second-order valence-electron chi connectivity index (χ2n) is 8.10. The van der Waals surface area contributed by atoms with Gasteiger partial charge < -0.3 is 19.9 Å². The topological polar surface area (TPSA) is 57.4 Å². The van der Waals surface area contributed by atoms with E-state index >= 15 is 0 Å². The molecule has 1 aliphatic carbocycles. The molecule has 2 aliphatic rings. The average molecular weight is 400 g/mol. The number of ether oxygens (including phenoxy) is 1. The molecule has 1 aliphatic heterocycles. The first kappa shape index (κ1) is 19.4. The van der Waals surface area contributed by atoms with E-state index in [4.69, 9.17) is 17.0 Å². The van der Waals surface area contributed by atoms with Gasteiger partial charge in [-0.1, -0.05) is 25.0 Å². The standard InChI is InChI=1S/C22H29N3O2S/c1-15-8-9-16-12-17(21(26)24-20(16)11-15)14-25(18-5-2-3-6-18)22(28)23-13-19-7-4-10-27-19/h8-9,11-12,18-19H,2-7,10,13-14H2,1H3,(H,23,28)(H,24,26)/t19-/m0/s1. The summed E-state index contributed by atoms with van der Waals surface area (Å²) in [4.78, 5) is 18.0. The number of fused-ring (bicyclic) bond motifs is 1. The minimum atomic E-state index is -0.0250. The number of benzene rings is 1. The van der Waals surface area contributed by atoms with Crippen LogP contribution in [0.4, 0.5) is 0 Å². The maximum absolute atomic E-state index is 12.7. The second-order valence-corrected chi connectivity index (χ2v) is 8.49. The van der Waals surface area contributed by atoms with Crippen LogP contribution in [0.2, 0.25) is 0 Å². The Morgan fingerprint density at radius 2 is 2.07 bits per heavy atom. The maximum atomic E-state index is 12.7. The minimum absolute atomic E-state index is 0.0250. The molecule has 2 N–H and O–H groups in total. The third kappa shape index (κ3) is 4.39. The molecule has 4 rings (SSSR count). The predicted molar refractivity (Wildman–Crippen MR) is 117 cm³/mol. The molecule has 2 aromatic rings. The van der Waals surface area contributed by atoms with E-state index in [-0.39, 0.29) is 11.7 Å². The Kier molecular flexibility index (Phi) is 5.97. The summed E-state index contributed by atoms with van der Waals surface area (Å²) < 4.78 is 5.71. The first-order valence-corrected chi connectivity index (χ1v) is 10.8. The third-order valence-corrected chi connectivity index (χ3v) is 6.33. The second kappa shape index (κ2) is 8.62. The fraction of sp³-hybridized carbons (Fsp3) is 0.545. The quantitative estimate of drug-likeness (QED) is 0.752. The normalized spacial score (nSPS) is 20.0. The largest absolute Gasteiger partial charge is 0.376 e. The number of hydrogen-bond donors (Lipinski definition) is 2. The number of aromatic amines is 1. The van der Waals surface area contributed by atoms with Crippen LogP contribution in [0.1, 0.15) is 49.7 Å². The lowest BCUT2D eigenvalue weighted by Gasteiger charge is -2.32. The molecule has 0 spiro atoms. The maximum Gasteiger partial charge on any atom is 0.253 e. The van der Waals surface area contributed by atoms with Crippen molar-refractivity contribution in [2.45, 2.75) is 64.1 Å². The average Bonchev–Trinajstić information content (AvgIpc) is 3.38.